The molecule has 1 fully saturated rings. The van der Waals surface area contributed by atoms with Crippen LogP contribution in [0, 0.1) is 0 Å². The zero-order valence-corrected chi connectivity index (χ0v) is 15.9. The molecule has 2 aliphatic rings. The summed E-state index contributed by atoms with van der Waals surface area (Å²) in [6, 6.07) is 11.4. The van der Waals surface area contributed by atoms with E-state index in [0.717, 1.165) is 69.0 Å². The molecule has 4 heterocycles. The maximum atomic E-state index is 13.0. The van der Waals surface area contributed by atoms with Gasteiger partial charge in [0.2, 0.25) is 5.43 Å². The summed E-state index contributed by atoms with van der Waals surface area (Å²) in [6.07, 6.45) is 3.86. The quantitative estimate of drug-likeness (QED) is 0.542. The number of pyridine rings is 1. The average Bonchev–Trinajstić information content (AvgIpc) is 3.31. The van der Waals surface area contributed by atoms with Gasteiger partial charge in [0, 0.05) is 44.3 Å². The fourth-order valence-corrected chi connectivity index (χ4v) is 4.51. The highest BCUT2D eigenvalue weighted by Crippen LogP contribution is 2.33. The normalized spacial score (nSPS) is 16.5. The summed E-state index contributed by atoms with van der Waals surface area (Å²) in [5, 5.41) is 4.01. The molecule has 0 spiro atoms. The van der Waals surface area contributed by atoms with Gasteiger partial charge >= 0.3 is 0 Å². The predicted molar refractivity (Wildman–Crippen MR) is 110 cm³/mol. The van der Waals surface area contributed by atoms with Crippen LogP contribution in [0.5, 0.6) is 0 Å². The number of para-hydroxylation sites is 1. The Bertz CT molecular complexity index is 1110. The number of benzene rings is 1. The van der Waals surface area contributed by atoms with E-state index in [1.807, 2.05) is 36.4 Å². The zero-order chi connectivity index (χ0) is 19.1. The van der Waals surface area contributed by atoms with Gasteiger partial charge in [-0.05, 0) is 43.7 Å². The highest BCUT2D eigenvalue weighted by Gasteiger charge is 2.32. The number of carbonyl (C=O) groups is 1. The molecule has 0 radical (unpaired) electrons. The number of nitrogens with one attached hydrogen (secondary N) is 1. The second kappa shape index (κ2) is 7.04. The molecule has 0 atom stereocenters. The Morgan fingerprint density at radius 3 is 2.57 bits per heavy atom. The van der Waals surface area contributed by atoms with Crippen molar-refractivity contribution in [3.05, 3.63) is 58.4 Å². The Balaban J connectivity index is 1.50. The number of aromatic nitrogens is 2. The maximum Gasteiger partial charge on any atom is 0.268 e. The number of aryl methyl sites for hydroxylation is 1. The molecule has 0 aliphatic carbocycles. The van der Waals surface area contributed by atoms with Gasteiger partial charge in [-0.25, -0.2) is 0 Å². The maximum absolute atomic E-state index is 13.0. The number of carbonyl (C=O) groups excluding carboxylic acids is 1. The number of hydrogen-bond acceptors (Lipinski definition) is 4. The van der Waals surface area contributed by atoms with E-state index in [-0.39, 0.29) is 11.3 Å². The van der Waals surface area contributed by atoms with Gasteiger partial charge in [0.25, 0.3) is 5.91 Å². The third kappa shape index (κ3) is 2.72. The summed E-state index contributed by atoms with van der Waals surface area (Å²) in [5.41, 5.74) is 2.68. The second-order valence-electron chi connectivity index (χ2n) is 7.59. The minimum Gasteiger partial charge on any atom is -0.338 e. The lowest BCUT2D eigenvalue weighted by Gasteiger charge is -2.27. The van der Waals surface area contributed by atoms with Gasteiger partial charge < -0.3 is 14.8 Å². The Morgan fingerprint density at radius 2 is 1.71 bits per heavy atom. The van der Waals surface area contributed by atoms with Crippen molar-refractivity contribution >= 4 is 16.8 Å². The molecule has 2 aromatic heterocycles. The molecule has 3 aromatic rings. The van der Waals surface area contributed by atoms with Crippen LogP contribution in [-0.2, 0) is 6.54 Å². The van der Waals surface area contributed by atoms with Gasteiger partial charge in [0.15, 0.2) is 0 Å². The largest absolute Gasteiger partial charge is 0.338 e. The van der Waals surface area contributed by atoms with Crippen LogP contribution in [-0.4, -0.2) is 52.7 Å². The molecule has 6 nitrogen and oxygen atoms in total. The number of nitrogens with zero attached hydrogens (tertiary/aromatic N) is 3. The Morgan fingerprint density at radius 1 is 0.929 bits per heavy atom. The lowest BCUT2D eigenvalue weighted by atomic mass is 10.1. The van der Waals surface area contributed by atoms with E-state index in [1.165, 1.54) is 0 Å². The van der Waals surface area contributed by atoms with Crippen molar-refractivity contribution in [1.29, 1.82) is 0 Å². The van der Waals surface area contributed by atoms with Crippen LogP contribution >= 0.6 is 0 Å². The summed E-state index contributed by atoms with van der Waals surface area (Å²) in [7, 11) is 0. The molecule has 0 unspecified atom stereocenters. The minimum absolute atomic E-state index is 0.156. The van der Waals surface area contributed by atoms with E-state index < -0.39 is 0 Å². The van der Waals surface area contributed by atoms with Crippen LogP contribution < -0.4 is 10.7 Å². The molecule has 0 bridgehead atoms. The first kappa shape index (κ1) is 17.4. The van der Waals surface area contributed by atoms with E-state index in [4.69, 9.17) is 0 Å². The standard InChI is InChI=1S/C22H24N4O2/c27-21-16-6-1-2-7-17(16)25(12-4-3-11-24-14-9-23-10-15-24)20-18-8-5-13-26(18)22(28)19(20)21/h1-2,5-8,13,23H,3-4,9-12,14-15H2. The molecule has 28 heavy (non-hydrogen) atoms. The van der Waals surface area contributed by atoms with Gasteiger partial charge in [-0.15, -0.1) is 0 Å². The fraction of sp³-hybridized carbons (Fsp3) is 0.364. The first-order chi connectivity index (χ1) is 13.8. The lowest BCUT2D eigenvalue weighted by Crippen LogP contribution is -2.43. The molecule has 1 saturated heterocycles. The number of rotatable bonds is 5. The average molecular weight is 376 g/mol. The smallest absolute Gasteiger partial charge is 0.268 e. The molecule has 144 valence electrons. The number of unbranched alkanes of at least 4 members (excludes halogenated alkanes) is 1. The molecular weight excluding hydrogens is 352 g/mol. The van der Waals surface area contributed by atoms with Gasteiger partial charge in [0.05, 0.1) is 16.9 Å². The van der Waals surface area contributed by atoms with Gasteiger partial charge in [0.1, 0.15) is 5.56 Å². The third-order valence-corrected chi connectivity index (χ3v) is 5.91. The molecular formula is C22H24N4O2. The predicted octanol–water partition coefficient (Wildman–Crippen LogP) is 2.16. The van der Waals surface area contributed by atoms with E-state index in [9.17, 15) is 9.59 Å². The van der Waals surface area contributed by atoms with Crippen molar-refractivity contribution in [2.45, 2.75) is 19.4 Å². The highest BCUT2D eigenvalue weighted by atomic mass is 16.2. The third-order valence-electron chi connectivity index (χ3n) is 5.91. The molecule has 1 N–H and O–H groups in total. The van der Waals surface area contributed by atoms with Crippen molar-refractivity contribution in [3.63, 3.8) is 0 Å². The molecule has 1 aromatic carbocycles. The van der Waals surface area contributed by atoms with Gasteiger partial charge in [-0.2, -0.15) is 0 Å². The van der Waals surface area contributed by atoms with Crippen LogP contribution in [0.4, 0.5) is 0 Å². The highest BCUT2D eigenvalue weighted by molar-refractivity contribution is 6.10. The molecule has 6 heteroatoms. The van der Waals surface area contributed by atoms with Crippen molar-refractivity contribution in [2.75, 3.05) is 32.7 Å². The topological polar surface area (TPSA) is 59.3 Å². The van der Waals surface area contributed by atoms with E-state index in [0.29, 0.717) is 10.9 Å². The summed E-state index contributed by atoms with van der Waals surface area (Å²) in [6.45, 7) is 6.25. The molecule has 0 saturated carbocycles. The summed E-state index contributed by atoms with van der Waals surface area (Å²) >= 11 is 0. The second-order valence-corrected chi connectivity index (χ2v) is 7.59. The van der Waals surface area contributed by atoms with Crippen LogP contribution in [0.3, 0.4) is 0 Å². The molecule has 2 aliphatic heterocycles. The van der Waals surface area contributed by atoms with Gasteiger partial charge in [-0.1, -0.05) is 12.1 Å². The van der Waals surface area contributed by atoms with E-state index >= 15 is 0 Å². The van der Waals surface area contributed by atoms with Crippen LogP contribution in [0.2, 0.25) is 0 Å². The summed E-state index contributed by atoms with van der Waals surface area (Å²) in [5.74, 6) is -0.208. The minimum atomic E-state index is -0.208. The lowest BCUT2D eigenvalue weighted by molar-refractivity contribution is 0.0968. The van der Waals surface area contributed by atoms with E-state index in [1.54, 1.807) is 10.8 Å². The van der Waals surface area contributed by atoms with Crippen molar-refractivity contribution < 1.29 is 4.79 Å². The Labute approximate surface area is 163 Å². The van der Waals surface area contributed by atoms with Crippen molar-refractivity contribution in [2.24, 2.45) is 0 Å². The summed E-state index contributed by atoms with van der Waals surface area (Å²) < 4.78 is 3.78. The zero-order valence-electron chi connectivity index (χ0n) is 15.9. The van der Waals surface area contributed by atoms with Gasteiger partial charge in [-0.3, -0.25) is 14.2 Å². The molecule has 0 amide bonds. The Kier molecular flexibility index (Phi) is 4.37. The number of piperazine rings is 1. The van der Waals surface area contributed by atoms with Crippen molar-refractivity contribution in [3.8, 4) is 11.4 Å². The monoisotopic (exact) mass is 376 g/mol. The van der Waals surface area contributed by atoms with Crippen LogP contribution in [0.1, 0.15) is 23.2 Å². The number of fused-ring (bicyclic) bond motifs is 4. The van der Waals surface area contributed by atoms with Crippen LogP contribution in [0.25, 0.3) is 22.3 Å². The Hall–Kier alpha value is -2.70. The summed E-state index contributed by atoms with van der Waals surface area (Å²) in [4.78, 5) is 28.4. The SMILES string of the molecule is O=C1c2c(n(CCCCN3CCNCC3)c3ccccc3c2=O)-c2cccn21. The van der Waals surface area contributed by atoms with E-state index in [2.05, 4.69) is 14.8 Å². The first-order valence-electron chi connectivity index (χ1n) is 10.1. The van der Waals surface area contributed by atoms with Crippen LogP contribution in [0.15, 0.2) is 47.4 Å². The molecule has 5 rings (SSSR count). The fourth-order valence-electron chi connectivity index (χ4n) is 4.51. The first-order valence-corrected chi connectivity index (χ1v) is 10.1. The van der Waals surface area contributed by atoms with Crippen molar-refractivity contribution in [1.82, 2.24) is 19.4 Å². The number of hydrogen-bond donors (Lipinski definition) is 1.